The molecular formula is C13H16BrN3OS. The molecule has 1 aromatic rings. The van der Waals surface area contributed by atoms with E-state index in [4.69, 9.17) is 5.26 Å². The van der Waals surface area contributed by atoms with E-state index in [-0.39, 0.29) is 17.6 Å². The van der Waals surface area contributed by atoms with Crippen molar-refractivity contribution in [2.24, 2.45) is 5.92 Å². The highest BCUT2D eigenvalue weighted by atomic mass is 79.9. The second-order valence-corrected chi connectivity index (χ2v) is 6.41. The zero-order chi connectivity index (χ0) is 14.5. The number of rotatable bonds is 5. The van der Waals surface area contributed by atoms with Gasteiger partial charge in [-0.15, -0.1) is 0 Å². The van der Waals surface area contributed by atoms with Crippen LogP contribution < -0.4 is 5.32 Å². The first-order valence-electron chi connectivity index (χ1n) is 5.84. The van der Waals surface area contributed by atoms with E-state index in [2.05, 4.69) is 32.3 Å². The molecule has 1 atom stereocenters. The molecule has 0 saturated carbocycles. The third-order valence-electron chi connectivity index (χ3n) is 2.85. The van der Waals surface area contributed by atoms with Crippen molar-refractivity contribution >= 4 is 33.6 Å². The average Bonchev–Trinajstić information content (AvgIpc) is 2.37. The van der Waals surface area contributed by atoms with Crippen molar-refractivity contribution < 1.29 is 4.79 Å². The molecule has 1 heterocycles. The van der Waals surface area contributed by atoms with Crippen LogP contribution in [0.25, 0.3) is 0 Å². The number of amides is 1. The van der Waals surface area contributed by atoms with Crippen LogP contribution >= 0.6 is 27.7 Å². The zero-order valence-electron chi connectivity index (χ0n) is 11.1. The molecule has 1 rings (SSSR count). The van der Waals surface area contributed by atoms with Crippen molar-refractivity contribution in [2.75, 3.05) is 5.75 Å². The van der Waals surface area contributed by atoms with Gasteiger partial charge in [-0.05, 0) is 40.9 Å². The summed E-state index contributed by atoms with van der Waals surface area (Å²) in [5.74, 6) is 0.118. The highest BCUT2D eigenvalue weighted by Gasteiger charge is 2.29. The highest BCUT2D eigenvalue weighted by Crippen LogP contribution is 2.24. The number of hydrogen-bond donors (Lipinski definition) is 1. The summed E-state index contributed by atoms with van der Waals surface area (Å²) >= 11 is 4.72. The molecule has 0 bridgehead atoms. The SMILES string of the molecule is CC(C)[C@](C)(C#N)NC(=O)CSc1ncccc1Br. The molecule has 0 saturated heterocycles. The number of thioether (sulfide) groups is 1. The largest absolute Gasteiger partial charge is 0.337 e. The number of halogens is 1. The Labute approximate surface area is 126 Å². The Bertz CT molecular complexity index is 501. The molecule has 4 nitrogen and oxygen atoms in total. The van der Waals surface area contributed by atoms with Crippen molar-refractivity contribution in [3.05, 3.63) is 22.8 Å². The molecule has 6 heteroatoms. The van der Waals surface area contributed by atoms with Crippen LogP contribution in [-0.4, -0.2) is 22.2 Å². The summed E-state index contributed by atoms with van der Waals surface area (Å²) in [4.78, 5) is 16.1. The number of carbonyl (C=O) groups is 1. The number of carbonyl (C=O) groups excluding carboxylic acids is 1. The van der Waals surface area contributed by atoms with Crippen LogP contribution in [0.1, 0.15) is 20.8 Å². The molecule has 0 aliphatic heterocycles. The first kappa shape index (κ1) is 16.0. The Hall–Kier alpha value is -1.06. The minimum absolute atomic E-state index is 0.0491. The fourth-order valence-electron chi connectivity index (χ4n) is 1.24. The van der Waals surface area contributed by atoms with Crippen molar-refractivity contribution in [3.63, 3.8) is 0 Å². The van der Waals surface area contributed by atoms with Crippen LogP contribution in [0.2, 0.25) is 0 Å². The minimum Gasteiger partial charge on any atom is -0.337 e. The van der Waals surface area contributed by atoms with Gasteiger partial charge >= 0.3 is 0 Å². The fourth-order valence-corrected chi connectivity index (χ4v) is 2.52. The number of nitrogens with zero attached hydrogens (tertiary/aromatic N) is 2. The predicted octanol–water partition coefficient (Wildman–Crippen LogP) is 2.99. The monoisotopic (exact) mass is 341 g/mol. The molecule has 0 aromatic carbocycles. The van der Waals surface area contributed by atoms with Gasteiger partial charge in [0.25, 0.3) is 0 Å². The normalized spacial score (nSPS) is 13.7. The van der Waals surface area contributed by atoms with E-state index in [0.29, 0.717) is 0 Å². The first-order valence-corrected chi connectivity index (χ1v) is 7.62. The lowest BCUT2D eigenvalue weighted by atomic mass is 9.90. The molecule has 1 amide bonds. The zero-order valence-corrected chi connectivity index (χ0v) is 13.5. The van der Waals surface area contributed by atoms with Gasteiger partial charge in [-0.1, -0.05) is 25.6 Å². The summed E-state index contributed by atoms with van der Waals surface area (Å²) < 4.78 is 0.861. The van der Waals surface area contributed by atoms with Crippen LogP contribution in [-0.2, 0) is 4.79 Å². The lowest BCUT2D eigenvalue weighted by Gasteiger charge is -2.27. The number of aromatic nitrogens is 1. The molecule has 1 aromatic heterocycles. The summed E-state index contributed by atoms with van der Waals surface area (Å²) in [7, 11) is 0. The van der Waals surface area contributed by atoms with Gasteiger partial charge in [0.15, 0.2) is 0 Å². The minimum atomic E-state index is -0.834. The molecule has 1 N–H and O–H groups in total. The Kier molecular flexibility index (Phi) is 5.83. The fraction of sp³-hybridized carbons (Fsp3) is 0.462. The van der Waals surface area contributed by atoms with E-state index in [0.717, 1.165) is 9.50 Å². The molecule has 0 spiro atoms. The van der Waals surface area contributed by atoms with Gasteiger partial charge in [0.05, 0.1) is 11.8 Å². The maximum Gasteiger partial charge on any atom is 0.231 e. The van der Waals surface area contributed by atoms with E-state index < -0.39 is 5.54 Å². The van der Waals surface area contributed by atoms with Gasteiger partial charge < -0.3 is 5.32 Å². The second-order valence-electron chi connectivity index (χ2n) is 4.60. The highest BCUT2D eigenvalue weighted by molar-refractivity contribution is 9.10. The molecule has 0 aliphatic carbocycles. The van der Waals surface area contributed by atoms with Gasteiger partial charge in [0, 0.05) is 10.7 Å². The predicted molar refractivity (Wildman–Crippen MR) is 79.7 cm³/mol. The van der Waals surface area contributed by atoms with Crippen molar-refractivity contribution in [3.8, 4) is 6.07 Å². The molecule has 0 radical (unpaired) electrons. The van der Waals surface area contributed by atoms with E-state index in [1.165, 1.54) is 11.8 Å². The van der Waals surface area contributed by atoms with Crippen LogP contribution in [0, 0.1) is 17.2 Å². The smallest absolute Gasteiger partial charge is 0.231 e. The standard InChI is InChI=1S/C13H16BrN3OS/c1-9(2)13(3,8-15)17-11(18)7-19-12-10(14)5-4-6-16-12/h4-6,9H,7H2,1-3H3,(H,17,18)/t13-/m0/s1. The van der Waals surface area contributed by atoms with Gasteiger partial charge in [-0.3, -0.25) is 4.79 Å². The van der Waals surface area contributed by atoms with E-state index in [1.807, 2.05) is 26.0 Å². The Morgan fingerprint density at radius 1 is 1.68 bits per heavy atom. The lowest BCUT2D eigenvalue weighted by Crippen LogP contribution is -2.49. The van der Waals surface area contributed by atoms with Gasteiger partial charge in [0.1, 0.15) is 10.6 Å². The number of nitrogens with one attached hydrogen (secondary N) is 1. The number of nitriles is 1. The van der Waals surface area contributed by atoms with Crippen LogP contribution in [0.15, 0.2) is 27.8 Å². The molecule has 0 unspecified atom stereocenters. The molecule has 19 heavy (non-hydrogen) atoms. The van der Waals surface area contributed by atoms with E-state index >= 15 is 0 Å². The average molecular weight is 342 g/mol. The summed E-state index contributed by atoms with van der Waals surface area (Å²) in [6, 6.07) is 5.85. The topological polar surface area (TPSA) is 65.8 Å². The quantitative estimate of drug-likeness (QED) is 0.836. The lowest BCUT2D eigenvalue weighted by molar-refractivity contribution is -0.120. The van der Waals surface area contributed by atoms with Gasteiger partial charge in [0.2, 0.25) is 5.91 Å². The Morgan fingerprint density at radius 3 is 2.89 bits per heavy atom. The first-order chi connectivity index (χ1) is 8.89. The number of pyridine rings is 1. The summed E-state index contributed by atoms with van der Waals surface area (Å²) in [6.45, 7) is 5.55. The van der Waals surface area contributed by atoms with E-state index in [9.17, 15) is 4.79 Å². The van der Waals surface area contributed by atoms with Gasteiger partial charge in [-0.2, -0.15) is 5.26 Å². The second kappa shape index (κ2) is 6.92. The maximum absolute atomic E-state index is 11.9. The Balaban J connectivity index is 2.58. The number of hydrogen-bond acceptors (Lipinski definition) is 4. The van der Waals surface area contributed by atoms with Crippen molar-refractivity contribution in [2.45, 2.75) is 31.3 Å². The van der Waals surface area contributed by atoms with Crippen molar-refractivity contribution in [1.29, 1.82) is 5.26 Å². The third kappa shape index (κ3) is 4.51. The van der Waals surface area contributed by atoms with Crippen LogP contribution in [0.5, 0.6) is 0 Å². The van der Waals surface area contributed by atoms with Crippen molar-refractivity contribution in [1.82, 2.24) is 10.3 Å². The molecule has 0 aliphatic rings. The van der Waals surface area contributed by atoms with E-state index in [1.54, 1.807) is 13.1 Å². The van der Waals surface area contributed by atoms with Gasteiger partial charge in [-0.25, -0.2) is 4.98 Å². The third-order valence-corrected chi connectivity index (χ3v) is 4.76. The van der Waals surface area contributed by atoms with Crippen LogP contribution in [0.3, 0.4) is 0 Å². The molecule has 0 fully saturated rings. The molecule has 102 valence electrons. The maximum atomic E-state index is 11.9. The van der Waals surface area contributed by atoms with Crippen LogP contribution in [0.4, 0.5) is 0 Å². The summed E-state index contributed by atoms with van der Waals surface area (Å²) in [5.41, 5.74) is -0.834. The summed E-state index contributed by atoms with van der Waals surface area (Å²) in [5, 5.41) is 12.7. The summed E-state index contributed by atoms with van der Waals surface area (Å²) in [6.07, 6.45) is 1.68. The Morgan fingerprint density at radius 2 is 2.37 bits per heavy atom. The molecular weight excluding hydrogens is 326 g/mol.